The van der Waals surface area contributed by atoms with Crippen LogP contribution in [0.4, 0.5) is 0 Å². The van der Waals surface area contributed by atoms with E-state index in [9.17, 15) is 0 Å². The Labute approximate surface area is 608 Å². The van der Waals surface area contributed by atoms with Gasteiger partial charge < -0.3 is 9.47 Å². The van der Waals surface area contributed by atoms with Gasteiger partial charge in [-0.15, -0.1) is 0 Å². The number of aromatic nitrogens is 8. The van der Waals surface area contributed by atoms with Gasteiger partial charge in [0.1, 0.15) is 23.0 Å². The summed E-state index contributed by atoms with van der Waals surface area (Å²) in [5, 5.41) is 4.28. The van der Waals surface area contributed by atoms with E-state index < -0.39 is 10.8 Å². The summed E-state index contributed by atoms with van der Waals surface area (Å²) in [5.74, 6) is 3.36. The smallest absolute Gasteiger partial charge is 0.132 e. The van der Waals surface area contributed by atoms with Crippen molar-refractivity contribution in [2.45, 2.75) is 20.6 Å². The van der Waals surface area contributed by atoms with E-state index in [1.165, 1.54) is 43.2 Å². The maximum atomic E-state index is 6.80. The molecule has 0 bridgehead atoms. The number of hydrogen-bond donors (Lipinski definition) is 0. The summed E-state index contributed by atoms with van der Waals surface area (Å²) in [6.07, 6.45) is 7.28. The number of fused-ring (bicyclic) bond motifs is 23. The molecular formula is C94H56N8O2S. The minimum absolute atomic E-state index is 0.640. The summed E-state index contributed by atoms with van der Waals surface area (Å²) in [5.41, 5.74) is 25.0. The Morgan fingerprint density at radius 2 is 0.610 bits per heavy atom. The minimum Gasteiger partial charge on any atom is -0.457 e. The summed E-state index contributed by atoms with van der Waals surface area (Å²) in [4.78, 5) is 41.7. The molecule has 22 rings (SSSR count). The molecule has 0 N–H and O–H groups in total. The van der Waals surface area contributed by atoms with E-state index in [0.717, 1.165) is 157 Å². The zero-order chi connectivity index (χ0) is 69.2. The molecule has 2 unspecified atom stereocenters. The maximum Gasteiger partial charge on any atom is 0.132 e. The normalized spacial score (nSPS) is 15.2. The Hall–Kier alpha value is -13.6. The zero-order valence-electron chi connectivity index (χ0n) is 56.1. The second kappa shape index (κ2) is 24.0. The maximum absolute atomic E-state index is 6.80. The van der Waals surface area contributed by atoms with Crippen LogP contribution in [0.2, 0.25) is 0 Å². The Morgan fingerprint density at radius 3 is 1.17 bits per heavy atom. The van der Waals surface area contributed by atoms with Crippen molar-refractivity contribution in [3.63, 3.8) is 0 Å². The molecule has 11 heteroatoms. The van der Waals surface area contributed by atoms with Gasteiger partial charge in [0.05, 0.1) is 78.4 Å². The second-order valence-corrected chi connectivity index (χ2v) is 27.9. The molecule has 18 aromatic rings. The van der Waals surface area contributed by atoms with Gasteiger partial charge in [-0.05, 0) is 179 Å². The highest BCUT2D eigenvalue weighted by molar-refractivity contribution is 7.99. The first-order valence-electron chi connectivity index (χ1n) is 35.1. The number of ether oxygens (including phenoxy) is 2. The van der Waals surface area contributed by atoms with Gasteiger partial charge in [-0.3, -0.25) is 19.9 Å². The van der Waals surface area contributed by atoms with Crippen molar-refractivity contribution in [1.82, 2.24) is 39.9 Å². The van der Waals surface area contributed by atoms with Crippen molar-refractivity contribution in [2.75, 3.05) is 0 Å². The van der Waals surface area contributed by atoms with E-state index in [0.29, 0.717) is 0 Å². The third kappa shape index (κ3) is 9.52. The quantitative estimate of drug-likeness (QED) is 0.148. The van der Waals surface area contributed by atoms with Crippen LogP contribution in [0.15, 0.2) is 350 Å². The number of hydrogen-bond acceptors (Lipinski definition) is 11. The molecule has 490 valence electrons. The van der Waals surface area contributed by atoms with E-state index in [1.54, 1.807) is 12.4 Å². The van der Waals surface area contributed by atoms with Gasteiger partial charge in [0.15, 0.2) is 0 Å². The summed E-state index contributed by atoms with van der Waals surface area (Å²) < 4.78 is 13.5. The van der Waals surface area contributed by atoms with Gasteiger partial charge in [0.25, 0.3) is 0 Å². The first-order valence-corrected chi connectivity index (χ1v) is 35.9. The average Bonchev–Trinajstić information content (AvgIpc) is 1.59. The van der Waals surface area contributed by atoms with Gasteiger partial charge in [-0.2, -0.15) is 0 Å². The van der Waals surface area contributed by atoms with Crippen LogP contribution in [-0.2, 0) is 10.8 Å². The SMILES string of the molecule is c1ccc(-c2cccc(-c3ccc4c(c3)C3(c5ccccc5O4)c4ccccc4-c4ccc(-c5cccc(-c6ccccn6)n5)cc43)n2)nc1.c1ccc2c(c1)Oc1ccc(-c3ccc4ccc5cccnc5c4n3)cc1C21c2ccccc2Sc2ccc(-c3ccc4ccc5cccnc5c4n3)cc21. The van der Waals surface area contributed by atoms with Gasteiger partial charge in [-0.25, -0.2) is 19.9 Å². The molecule has 2 spiro atoms. The monoisotopic (exact) mass is 1360 g/mol. The predicted octanol–water partition coefficient (Wildman–Crippen LogP) is 22.6. The van der Waals surface area contributed by atoms with Crippen LogP contribution in [0.5, 0.6) is 23.0 Å². The lowest BCUT2D eigenvalue weighted by atomic mass is 9.63. The molecule has 0 radical (unpaired) electrons. The van der Waals surface area contributed by atoms with Gasteiger partial charge in [-0.1, -0.05) is 182 Å². The van der Waals surface area contributed by atoms with Crippen molar-refractivity contribution in [2.24, 2.45) is 0 Å². The fourth-order valence-corrected chi connectivity index (χ4v) is 17.6. The summed E-state index contributed by atoms with van der Waals surface area (Å²) >= 11 is 1.82. The van der Waals surface area contributed by atoms with Crippen molar-refractivity contribution in [1.29, 1.82) is 0 Å². The molecule has 8 aromatic heterocycles. The Kier molecular flexibility index (Phi) is 13.8. The van der Waals surface area contributed by atoms with Gasteiger partial charge in [0.2, 0.25) is 0 Å². The van der Waals surface area contributed by atoms with Crippen molar-refractivity contribution in [3.8, 4) is 102 Å². The fourth-order valence-electron chi connectivity index (χ4n) is 16.5. The first kappa shape index (κ1) is 60.2. The minimum atomic E-state index is -0.691. The molecule has 0 saturated carbocycles. The predicted molar refractivity (Wildman–Crippen MR) is 418 cm³/mol. The number of nitrogens with zero attached hydrogens (tertiary/aromatic N) is 8. The lowest BCUT2D eigenvalue weighted by Crippen LogP contribution is -2.36. The van der Waals surface area contributed by atoms with Crippen LogP contribution >= 0.6 is 11.8 Å². The molecule has 1 aliphatic carbocycles. The fraction of sp³-hybridized carbons (Fsp3) is 0.0213. The molecule has 0 amide bonds. The third-order valence-corrected chi connectivity index (χ3v) is 22.3. The topological polar surface area (TPSA) is 122 Å². The second-order valence-electron chi connectivity index (χ2n) is 26.8. The number of para-hydroxylation sites is 2. The van der Waals surface area contributed by atoms with Crippen LogP contribution in [0.25, 0.3) is 123 Å². The largest absolute Gasteiger partial charge is 0.457 e. The Bertz CT molecular complexity index is 6410. The van der Waals surface area contributed by atoms with Crippen LogP contribution < -0.4 is 9.47 Å². The van der Waals surface area contributed by atoms with E-state index in [-0.39, 0.29) is 0 Å². The van der Waals surface area contributed by atoms with Crippen molar-refractivity contribution >= 4 is 55.4 Å². The lowest BCUT2D eigenvalue weighted by Gasteiger charge is -2.45. The van der Waals surface area contributed by atoms with Crippen LogP contribution in [0.3, 0.4) is 0 Å². The van der Waals surface area contributed by atoms with Gasteiger partial charge >= 0.3 is 0 Å². The van der Waals surface area contributed by atoms with Crippen LogP contribution in [0.1, 0.15) is 44.5 Å². The Balaban J connectivity index is 0.000000136. The molecule has 10 aromatic carbocycles. The molecule has 0 saturated heterocycles. The number of pyridine rings is 8. The highest BCUT2D eigenvalue weighted by Gasteiger charge is 2.52. The molecule has 11 heterocycles. The van der Waals surface area contributed by atoms with E-state index in [1.807, 2.05) is 97.0 Å². The molecule has 105 heavy (non-hydrogen) atoms. The lowest BCUT2D eigenvalue weighted by molar-refractivity contribution is 0.431. The number of rotatable bonds is 6. The summed E-state index contributed by atoms with van der Waals surface area (Å²) in [7, 11) is 0. The van der Waals surface area contributed by atoms with E-state index in [2.05, 4.69) is 253 Å². The standard InChI is InChI=1S/C49H28N4OS.C45H28N4O/c1-3-11-41-35(9-1)49(37-27-33(19-23-42(37)54-41)39-21-17-31-15-13-29-7-5-25-50-45(29)47(31)52-39)36-10-2-4-12-43(36)55-44-24-20-34(28-38(44)49)40-22-18-32-16-14-30-8-6-26-51-46(30)48(32)53-40;1-2-12-33-31(11-1)32-23-21-29(37-16-9-18-41(48-37)39-14-5-7-25-46-39)27-35(32)45(33)34-13-3-4-20-43(34)50-44-24-22-30(28-36(44)45)38-17-10-19-42(49-38)40-15-6-8-26-47-40/h1-28H;1-28H. The molecule has 4 aliphatic rings. The summed E-state index contributed by atoms with van der Waals surface area (Å²) in [6, 6.07) is 110. The summed E-state index contributed by atoms with van der Waals surface area (Å²) in [6.45, 7) is 0. The molecule has 0 fully saturated rings. The van der Waals surface area contributed by atoms with E-state index >= 15 is 0 Å². The van der Waals surface area contributed by atoms with Crippen molar-refractivity contribution in [3.05, 3.63) is 385 Å². The van der Waals surface area contributed by atoms with Crippen LogP contribution in [0, 0.1) is 0 Å². The average molecular weight is 1360 g/mol. The highest BCUT2D eigenvalue weighted by Crippen LogP contribution is 2.65. The Morgan fingerprint density at radius 1 is 0.219 bits per heavy atom. The molecule has 10 nitrogen and oxygen atoms in total. The number of benzene rings is 10. The zero-order valence-corrected chi connectivity index (χ0v) is 57.0. The van der Waals surface area contributed by atoms with Gasteiger partial charge in [0, 0.05) is 101 Å². The highest BCUT2D eigenvalue weighted by atomic mass is 32.2. The van der Waals surface area contributed by atoms with E-state index in [4.69, 9.17) is 39.4 Å². The molecule has 3 aliphatic heterocycles. The van der Waals surface area contributed by atoms with Crippen molar-refractivity contribution < 1.29 is 9.47 Å². The molecule has 2 atom stereocenters. The first-order chi connectivity index (χ1) is 52.0. The molecular weight excluding hydrogens is 1310 g/mol. The third-order valence-electron chi connectivity index (χ3n) is 21.1. The van der Waals surface area contributed by atoms with Crippen LogP contribution in [-0.4, -0.2) is 39.9 Å².